The summed E-state index contributed by atoms with van der Waals surface area (Å²) in [6.45, 7) is 0.343. The van der Waals surface area contributed by atoms with Crippen molar-refractivity contribution in [1.29, 1.82) is 0 Å². The molecule has 0 amide bonds. The van der Waals surface area contributed by atoms with Gasteiger partial charge in [0.2, 0.25) is 0 Å². The predicted octanol–water partition coefficient (Wildman–Crippen LogP) is 1.27. The molecular weight excluding hydrogens is 239 g/mol. The van der Waals surface area contributed by atoms with Crippen LogP contribution in [0.5, 0.6) is 0 Å². The highest BCUT2D eigenvalue weighted by molar-refractivity contribution is 5.13. The maximum atomic E-state index is 13.9. The first-order valence-electron chi connectivity index (χ1n) is 5.84. The van der Waals surface area contributed by atoms with E-state index in [1.807, 2.05) is 30.3 Å². The first-order valence-corrected chi connectivity index (χ1v) is 5.84. The van der Waals surface area contributed by atoms with Crippen LogP contribution >= 0.6 is 0 Å². The molecular formula is C13H17FO4. The topological polar surface area (TPSA) is 47.9 Å². The molecule has 4 atom stereocenters. The van der Waals surface area contributed by atoms with Crippen LogP contribution in [-0.2, 0) is 20.8 Å². The summed E-state index contributed by atoms with van der Waals surface area (Å²) in [5, 5.41) is 9.59. The van der Waals surface area contributed by atoms with Gasteiger partial charge in [0.1, 0.15) is 12.2 Å². The standard InChI is InChI=1S/C13H17FO4/c1-16-8-10-11(14)12(13(15)18-10)17-7-9-5-3-2-4-6-9/h2-6,10-13,15H,7-8H2,1H3/t10-,11-,12-,13+/m1/s1. The second-order valence-electron chi connectivity index (χ2n) is 4.23. The van der Waals surface area contributed by atoms with Crippen molar-refractivity contribution in [1.82, 2.24) is 0 Å². The van der Waals surface area contributed by atoms with Crippen LogP contribution in [-0.4, -0.2) is 43.5 Å². The number of halogens is 1. The Kier molecular flexibility index (Phi) is 4.66. The summed E-state index contributed by atoms with van der Waals surface area (Å²) < 4.78 is 29.2. The molecule has 1 heterocycles. The Morgan fingerprint density at radius 2 is 2.06 bits per heavy atom. The van der Waals surface area contributed by atoms with Crippen molar-refractivity contribution in [2.75, 3.05) is 13.7 Å². The van der Waals surface area contributed by atoms with Gasteiger partial charge in [-0.15, -0.1) is 0 Å². The van der Waals surface area contributed by atoms with E-state index in [1.54, 1.807) is 0 Å². The van der Waals surface area contributed by atoms with E-state index in [1.165, 1.54) is 7.11 Å². The summed E-state index contributed by atoms with van der Waals surface area (Å²) in [5.74, 6) is 0. The average Bonchev–Trinajstić information content (AvgIpc) is 2.64. The number of benzene rings is 1. The fourth-order valence-corrected chi connectivity index (χ4v) is 1.94. The molecule has 0 bridgehead atoms. The van der Waals surface area contributed by atoms with E-state index < -0.39 is 24.7 Å². The maximum Gasteiger partial charge on any atom is 0.184 e. The molecule has 100 valence electrons. The molecule has 0 radical (unpaired) electrons. The van der Waals surface area contributed by atoms with Gasteiger partial charge in [-0.05, 0) is 5.56 Å². The smallest absolute Gasteiger partial charge is 0.184 e. The Morgan fingerprint density at radius 1 is 1.33 bits per heavy atom. The number of aliphatic hydroxyl groups excluding tert-OH is 1. The Morgan fingerprint density at radius 3 is 2.72 bits per heavy atom. The lowest BCUT2D eigenvalue weighted by molar-refractivity contribution is -0.150. The van der Waals surface area contributed by atoms with Crippen molar-refractivity contribution in [3.63, 3.8) is 0 Å². The minimum absolute atomic E-state index is 0.101. The van der Waals surface area contributed by atoms with Crippen LogP contribution in [0, 0.1) is 0 Å². The molecule has 1 aliphatic heterocycles. The highest BCUT2D eigenvalue weighted by Crippen LogP contribution is 2.26. The van der Waals surface area contributed by atoms with Crippen LogP contribution in [0.15, 0.2) is 30.3 Å². The van der Waals surface area contributed by atoms with E-state index in [0.29, 0.717) is 0 Å². The van der Waals surface area contributed by atoms with Crippen molar-refractivity contribution in [3.8, 4) is 0 Å². The largest absolute Gasteiger partial charge is 0.382 e. The van der Waals surface area contributed by atoms with E-state index in [-0.39, 0.29) is 13.2 Å². The molecule has 1 aromatic carbocycles. The summed E-state index contributed by atoms with van der Waals surface area (Å²) >= 11 is 0. The van der Waals surface area contributed by atoms with Crippen LogP contribution < -0.4 is 0 Å². The number of methoxy groups -OCH3 is 1. The van der Waals surface area contributed by atoms with Gasteiger partial charge in [0.15, 0.2) is 12.5 Å². The van der Waals surface area contributed by atoms with Gasteiger partial charge in [-0.25, -0.2) is 4.39 Å². The summed E-state index contributed by atoms with van der Waals surface area (Å²) in [4.78, 5) is 0. The third-order valence-corrected chi connectivity index (χ3v) is 2.88. The van der Waals surface area contributed by atoms with Gasteiger partial charge in [-0.1, -0.05) is 30.3 Å². The SMILES string of the molecule is COC[C@H]1O[C@H](O)[C@H](OCc2ccccc2)[C@@H]1F. The Labute approximate surface area is 105 Å². The van der Waals surface area contributed by atoms with Gasteiger partial charge in [0.25, 0.3) is 0 Å². The molecule has 18 heavy (non-hydrogen) atoms. The fourth-order valence-electron chi connectivity index (χ4n) is 1.94. The van der Waals surface area contributed by atoms with Gasteiger partial charge < -0.3 is 19.3 Å². The Balaban J connectivity index is 1.89. The summed E-state index contributed by atoms with van der Waals surface area (Å²) in [6.07, 6.45) is -4.37. The van der Waals surface area contributed by atoms with Gasteiger partial charge in [0, 0.05) is 7.11 Å². The average molecular weight is 256 g/mol. The zero-order chi connectivity index (χ0) is 13.0. The van der Waals surface area contributed by atoms with Gasteiger partial charge >= 0.3 is 0 Å². The minimum Gasteiger partial charge on any atom is -0.382 e. The van der Waals surface area contributed by atoms with Crippen molar-refractivity contribution in [2.45, 2.75) is 31.3 Å². The van der Waals surface area contributed by atoms with Crippen molar-refractivity contribution < 1.29 is 23.7 Å². The van der Waals surface area contributed by atoms with E-state index >= 15 is 0 Å². The Hall–Kier alpha value is -1.01. The molecule has 1 aromatic rings. The van der Waals surface area contributed by atoms with Crippen LogP contribution in [0.1, 0.15) is 5.56 Å². The summed E-state index contributed by atoms with van der Waals surface area (Å²) in [5.41, 5.74) is 0.923. The van der Waals surface area contributed by atoms with Crippen molar-refractivity contribution >= 4 is 0 Å². The number of hydrogen-bond acceptors (Lipinski definition) is 4. The molecule has 0 aromatic heterocycles. The van der Waals surface area contributed by atoms with Crippen molar-refractivity contribution in [3.05, 3.63) is 35.9 Å². The molecule has 0 saturated carbocycles. The highest BCUT2D eigenvalue weighted by Gasteiger charge is 2.45. The van der Waals surface area contributed by atoms with Crippen LogP contribution in [0.2, 0.25) is 0 Å². The molecule has 1 fully saturated rings. The molecule has 5 heteroatoms. The lowest BCUT2D eigenvalue weighted by Gasteiger charge is -2.16. The second-order valence-corrected chi connectivity index (χ2v) is 4.23. The molecule has 0 unspecified atom stereocenters. The monoisotopic (exact) mass is 256 g/mol. The first-order chi connectivity index (χ1) is 8.72. The van der Waals surface area contributed by atoms with Gasteiger partial charge in [0.05, 0.1) is 13.2 Å². The first kappa shape index (κ1) is 13.4. The molecule has 0 aliphatic carbocycles. The highest BCUT2D eigenvalue weighted by atomic mass is 19.1. The van der Waals surface area contributed by atoms with E-state index in [9.17, 15) is 9.50 Å². The molecule has 2 rings (SSSR count). The van der Waals surface area contributed by atoms with E-state index in [2.05, 4.69) is 0 Å². The number of ether oxygens (including phenoxy) is 3. The van der Waals surface area contributed by atoms with Crippen LogP contribution in [0.4, 0.5) is 4.39 Å². The quantitative estimate of drug-likeness (QED) is 0.862. The van der Waals surface area contributed by atoms with Crippen LogP contribution in [0.25, 0.3) is 0 Å². The third kappa shape index (κ3) is 3.05. The van der Waals surface area contributed by atoms with Gasteiger partial charge in [-0.3, -0.25) is 0 Å². The van der Waals surface area contributed by atoms with E-state index in [0.717, 1.165) is 5.56 Å². The molecule has 4 nitrogen and oxygen atoms in total. The maximum absolute atomic E-state index is 13.9. The second kappa shape index (κ2) is 6.24. The molecule has 1 saturated heterocycles. The molecule has 1 aliphatic rings. The predicted molar refractivity (Wildman–Crippen MR) is 62.7 cm³/mol. The van der Waals surface area contributed by atoms with Gasteiger partial charge in [-0.2, -0.15) is 0 Å². The van der Waals surface area contributed by atoms with E-state index in [4.69, 9.17) is 14.2 Å². The van der Waals surface area contributed by atoms with Crippen LogP contribution in [0.3, 0.4) is 0 Å². The molecule has 0 spiro atoms. The lowest BCUT2D eigenvalue weighted by Crippen LogP contribution is -2.33. The fraction of sp³-hybridized carbons (Fsp3) is 0.538. The summed E-state index contributed by atoms with van der Waals surface area (Å²) in [6, 6.07) is 9.40. The minimum atomic E-state index is -1.39. The number of rotatable bonds is 5. The lowest BCUT2D eigenvalue weighted by atomic mass is 10.1. The number of hydrogen-bond donors (Lipinski definition) is 1. The zero-order valence-corrected chi connectivity index (χ0v) is 10.2. The van der Waals surface area contributed by atoms with Crippen molar-refractivity contribution in [2.24, 2.45) is 0 Å². The normalized spacial score (nSPS) is 31.7. The molecule has 1 N–H and O–H groups in total. The Bertz CT molecular complexity index is 359. The third-order valence-electron chi connectivity index (χ3n) is 2.88. The summed E-state index contributed by atoms with van der Waals surface area (Å²) in [7, 11) is 1.46. The number of alkyl halides is 1. The number of aliphatic hydroxyl groups is 1. The zero-order valence-electron chi connectivity index (χ0n) is 10.2.